The zero-order chi connectivity index (χ0) is 19.5. The van der Waals surface area contributed by atoms with Crippen LogP contribution in [0.1, 0.15) is 16.1 Å². The molecule has 1 aliphatic rings. The summed E-state index contributed by atoms with van der Waals surface area (Å²) in [4.78, 5) is 34.6. The SMILES string of the molecule is CN(Cc1ccccc1)C1=C(c2cccs2)C(=O)N(Cc2ccccn2)C1=O. The van der Waals surface area contributed by atoms with Gasteiger partial charge in [-0.2, -0.15) is 0 Å². The van der Waals surface area contributed by atoms with Crippen LogP contribution in [0.2, 0.25) is 0 Å². The monoisotopic (exact) mass is 389 g/mol. The van der Waals surface area contributed by atoms with E-state index in [4.69, 9.17) is 0 Å². The van der Waals surface area contributed by atoms with E-state index in [-0.39, 0.29) is 18.4 Å². The molecule has 0 saturated heterocycles. The number of benzene rings is 1. The van der Waals surface area contributed by atoms with E-state index in [1.165, 1.54) is 16.2 Å². The second kappa shape index (κ2) is 7.78. The van der Waals surface area contributed by atoms with Gasteiger partial charge in [-0.15, -0.1) is 11.3 Å². The maximum Gasteiger partial charge on any atom is 0.278 e. The van der Waals surface area contributed by atoms with Crippen LogP contribution in [0.5, 0.6) is 0 Å². The van der Waals surface area contributed by atoms with Crippen LogP contribution in [0.25, 0.3) is 5.57 Å². The molecule has 0 bridgehead atoms. The number of nitrogens with zero attached hydrogens (tertiary/aromatic N) is 3. The summed E-state index contributed by atoms with van der Waals surface area (Å²) in [6, 6.07) is 19.2. The Morgan fingerprint density at radius 2 is 1.75 bits per heavy atom. The molecule has 140 valence electrons. The van der Waals surface area contributed by atoms with Crippen LogP contribution in [0.15, 0.2) is 77.9 Å². The minimum Gasteiger partial charge on any atom is -0.365 e. The fourth-order valence-corrected chi connectivity index (χ4v) is 4.06. The Morgan fingerprint density at radius 3 is 2.43 bits per heavy atom. The molecule has 5 nitrogen and oxygen atoms in total. The van der Waals surface area contributed by atoms with Crippen molar-refractivity contribution in [3.63, 3.8) is 0 Å². The molecule has 0 saturated carbocycles. The molecule has 0 aliphatic carbocycles. The van der Waals surface area contributed by atoms with Crippen molar-refractivity contribution in [2.75, 3.05) is 7.05 Å². The van der Waals surface area contributed by atoms with Crippen LogP contribution in [-0.4, -0.2) is 33.6 Å². The average molecular weight is 389 g/mol. The third kappa shape index (κ3) is 3.46. The number of hydrogen-bond acceptors (Lipinski definition) is 5. The fraction of sp³-hybridized carbons (Fsp3) is 0.136. The Bertz CT molecular complexity index is 1010. The van der Waals surface area contributed by atoms with Gasteiger partial charge in [0.2, 0.25) is 0 Å². The van der Waals surface area contributed by atoms with Crippen LogP contribution in [0, 0.1) is 0 Å². The lowest BCUT2D eigenvalue weighted by Crippen LogP contribution is -2.33. The van der Waals surface area contributed by atoms with Gasteiger partial charge in [-0.1, -0.05) is 42.5 Å². The lowest BCUT2D eigenvalue weighted by molar-refractivity contribution is -0.138. The van der Waals surface area contributed by atoms with E-state index in [1.807, 2.05) is 78.0 Å². The highest BCUT2D eigenvalue weighted by molar-refractivity contribution is 7.11. The molecule has 3 aromatic rings. The number of amides is 2. The quantitative estimate of drug-likeness (QED) is 0.605. The smallest absolute Gasteiger partial charge is 0.278 e. The molecule has 0 N–H and O–H groups in total. The summed E-state index contributed by atoms with van der Waals surface area (Å²) in [5.74, 6) is -0.550. The van der Waals surface area contributed by atoms with Gasteiger partial charge in [0.15, 0.2) is 0 Å². The minimum absolute atomic E-state index is 0.163. The van der Waals surface area contributed by atoms with Crippen molar-refractivity contribution >= 4 is 28.7 Å². The fourth-order valence-electron chi connectivity index (χ4n) is 3.29. The average Bonchev–Trinajstić information content (AvgIpc) is 3.32. The Hall–Kier alpha value is -3.25. The van der Waals surface area contributed by atoms with Crippen LogP contribution < -0.4 is 0 Å². The number of rotatable bonds is 6. The summed E-state index contributed by atoms with van der Waals surface area (Å²) in [6.07, 6.45) is 1.66. The molecule has 4 rings (SSSR count). The third-order valence-corrected chi connectivity index (χ3v) is 5.49. The van der Waals surface area contributed by atoms with Crippen LogP contribution in [-0.2, 0) is 22.7 Å². The Morgan fingerprint density at radius 1 is 0.964 bits per heavy atom. The van der Waals surface area contributed by atoms with Crippen molar-refractivity contribution in [1.82, 2.24) is 14.8 Å². The van der Waals surface area contributed by atoms with E-state index < -0.39 is 0 Å². The molecule has 0 atom stereocenters. The van der Waals surface area contributed by atoms with E-state index in [2.05, 4.69) is 4.98 Å². The first-order valence-electron chi connectivity index (χ1n) is 8.94. The summed E-state index contributed by atoms with van der Waals surface area (Å²) in [5.41, 5.74) is 2.66. The first-order valence-corrected chi connectivity index (χ1v) is 9.82. The lowest BCUT2D eigenvalue weighted by atomic mass is 10.1. The van der Waals surface area contributed by atoms with E-state index >= 15 is 0 Å². The topological polar surface area (TPSA) is 53.5 Å². The molecule has 1 aliphatic heterocycles. The maximum atomic E-state index is 13.2. The molecular formula is C22H19N3O2S. The second-order valence-corrected chi connectivity index (χ2v) is 7.51. The number of thiophene rings is 1. The number of carbonyl (C=O) groups excluding carboxylic acids is 2. The lowest BCUT2D eigenvalue weighted by Gasteiger charge is -2.21. The summed E-state index contributed by atoms with van der Waals surface area (Å²) in [6.45, 7) is 0.706. The van der Waals surface area contributed by atoms with Gasteiger partial charge in [0.1, 0.15) is 5.70 Å². The molecule has 2 aromatic heterocycles. The van der Waals surface area contributed by atoms with Crippen LogP contribution >= 0.6 is 11.3 Å². The summed E-state index contributed by atoms with van der Waals surface area (Å²) < 4.78 is 0. The summed E-state index contributed by atoms with van der Waals surface area (Å²) in [5, 5.41) is 1.91. The van der Waals surface area contributed by atoms with Gasteiger partial charge in [0.25, 0.3) is 11.8 Å². The highest BCUT2D eigenvalue weighted by atomic mass is 32.1. The number of pyridine rings is 1. The highest BCUT2D eigenvalue weighted by Gasteiger charge is 2.41. The zero-order valence-electron chi connectivity index (χ0n) is 15.4. The molecule has 3 heterocycles. The molecule has 28 heavy (non-hydrogen) atoms. The molecule has 0 radical (unpaired) electrons. The van der Waals surface area contributed by atoms with E-state index in [0.29, 0.717) is 23.5 Å². The second-order valence-electron chi connectivity index (χ2n) is 6.56. The van der Waals surface area contributed by atoms with Gasteiger partial charge in [0, 0.05) is 24.7 Å². The minimum atomic E-state index is -0.280. The largest absolute Gasteiger partial charge is 0.365 e. The van der Waals surface area contributed by atoms with Gasteiger partial charge in [-0.3, -0.25) is 19.5 Å². The molecule has 6 heteroatoms. The van der Waals surface area contributed by atoms with Gasteiger partial charge in [0.05, 0.1) is 17.8 Å². The normalized spacial score (nSPS) is 14.1. The standard InChI is InChI=1S/C22H19N3O2S/c1-24(14-16-8-3-2-4-9-16)20-19(18-11-7-13-28-18)21(26)25(22(20)27)15-17-10-5-6-12-23-17/h2-13H,14-15H2,1H3. The predicted octanol–water partition coefficient (Wildman–Crippen LogP) is 3.56. The number of carbonyl (C=O) groups is 2. The van der Waals surface area contributed by atoms with Crippen molar-refractivity contribution < 1.29 is 9.59 Å². The first kappa shape index (κ1) is 18.1. The van der Waals surface area contributed by atoms with Crippen molar-refractivity contribution in [2.24, 2.45) is 0 Å². The third-order valence-electron chi connectivity index (χ3n) is 4.60. The first-order chi connectivity index (χ1) is 13.6. The number of hydrogen-bond donors (Lipinski definition) is 0. The molecule has 0 unspecified atom stereocenters. The Kier molecular flexibility index (Phi) is 5.04. The number of aromatic nitrogens is 1. The number of imide groups is 1. The highest BCUT2D eigenvalue weighted by Crippen LogP contribution is 2.34. The van der Waals surface area contributed by atoms with Crippen molar-refractivity contribution in [3.8, 4) is 0 Å². The Balaban J connectivity index is 1.69. The predicted molar refractivity (Wildman–Crippen MR) is 109 cm³/mol. The number of likely N-dealkylation sites (N-methyl/N-ethyl adjacent to an activating group) is 1. The van der Waals surface area contributed by atoms with Crippen molar-refractivity contribution in [1.29, 1.82) is 0 Å². The van der Waals surface area contributed by atoms with E-state index in [0.717, 1.165) is 10.4 Å². The maximum absolute atomic E-state index is 13.2. The summed E-state index contributed by atoms with van der Waals surface area (Å²) >= 11 is 1.46. The molecule has 0 fully saturated rings. The molecule has 2 amide bonds. The molecule has 0 spiro atoms. The van der Waals surface area contributed by atoms with E-state index in [1.54, 1.807) is 6.20 Å². The summed E-state index contributed by atoms with van der Waals surface area (Å²) in [7, 11) is 1.85. The van der Waals surface area contributed by atoms with Gasteiger partial charge in [-0.25, -0.2) is 0 Å². The van der Waals surface area contributed by atoms with Gasteiger partial charge < -0.3 is 4.90 Å². The van der Waals surface area contributed by atoms with Crippen LogP contribution in [0.3, 0.4) is 0 Å². The van der Waals surface area contributed by atoms with Crippen LogP contribution in [0.4, 0.5) is 0 Å². The molecular weight excluding hydrogens is 370 g/mol. The molecule has 1 aromatic carbocycles. The van der Waals surface area contributed by atoms with Gasteiger partial charge in [-0.05, 0) is 29.1 Å². The van der Waals surface area contributed by atoms with Crippen molar-refractivity contribution in [2.45, 2.75) is 13.1 Å². The van der Waals surface area contributed by atoms with Crippen molar-refractivity contribution in [3.05, 3.63) is 94.1 Å². The zero-order valence-corrected chi connectivity index (χ0v) is 16.2. The van der Waals surface area contributed by atoms with Gasteiger partial charge >= 0.3 is 0 Å². The van der Waals surface area contributed by atoms with E-state index in [9.17, 15) is 9.59 Å². The Labute approximate surface area is 167 Å².